The molecule has 5 nitrogen and oxygen atoms in total. The molecule has 0 spiro atoms. The predicted octanol–water partition coefficient (Wildman–Crippen LogP) is 4.16. The van der Waals surface area contributed by atoms with Crippen LogP contribution in [0, 0.1) is 0 Å². The minimum Gasteiger partial charge on any atom is -0.455 e. The highest BCUT2D eigenvalue weighted by atomic mass is 16.5. The quantitative estimate of drug-likeness (QED) is 0.771. The molecule has 1 aromatic carbocycles. The molecule has 0 unspecified atom stereocenters. The van der Waals surface area contributed by atoms with Crippen LogP contribution in [0.5, 0.6) is 11.5 Å². The number of rotatable bonds is 2. The molecule has 0 aliphatic carbocycles. The number of hydrogen-bond donors (Lipinski definition) is 1. The van der Waals surface area contributed by atoms with Crippen molar-refractivity contribution in [2.45, 2.75) is 27.7 Å². The van der Waals surface area contributed by atoms with Gasteiger partial charge < -0.3 is 9.72 Å². The molecule has 5 heteroatoms. The van der Waals surface area contributed by atoms with Gasteiger partial charge in [0.2, 0.25) is 0 Å². The summed E-state index contributed by atoms with van der Waals surface area (Å²) in [5.74, 6) is 1.26. The molecule has 3 rings (SSSR count). The third kappa shape index (κ3) is 4.41. The number of ether oxygens (including phenoxy) is 1. The summed E-state index contributed by atoms with van der Waals surface area (Å²) in [6.07, 6.45) is 2.78. The van der Waals surface area contributed by atoms with Gasteiger partial charge in [-0.3, -0.25) is 4.79 Å². The number of benzene rings is 1. The second kappa shape index (κ2) is 9.28. The van der Waals surface area contributed by atoms with Gasteiger partial charge in [0.05, 0.1) is 6.20 Å². The summed E-state index contributed by atoms with van der Waals surface area (Å²) in [7, 11) is 0. The maximum atomic E-state index is 11.2. The number of aromatic nitrogens is 3. The highest BCUT2D eigenvalue weighted by Crippen LogP contribution is 2.25. The Bertz CT molecular complexity index is 739. The molecule has 1 N–H and O–H groups in total. The summed E-state index contributed by atoms with van der Waals surface area (Å²) >= 11 is 0. The molecular formula is C17H21N3O2. The minimum absolute atomic E-state index is 0.285. The van der Waals surface area contributed by atoms with E-state index in [-0.39, 0.29) is 5.56 Å². The highest BCUT2D eigenvalue weighted by molar-refractivity contribution is 5.76. The highest BCUT2D eigenvalue weighted by Gasteiger charge is 2.06. The number of nitrogens with one attached hydrogen (secondary N) is 1. The van der Waals surface area contributed by atoms with Gasteiger partial charge in [0.1, 0.15) is 11.3 Å². The average Bonchev–Trinajstić information content (AvgIpc) is 2.59. The Morgan fingerprint density at radius 2 is 1.64 bits per heavy atom. The molecule has 0 atom stereocenters. The molecule has 116 valence electrons. The fourth-order valence-corrected chi connectivity index (χ4v) is 1.62. The lowest BCUT2D eigenvalue weighted by Crippen LogP contribution is -2.06. The van der Waals surface area contributed by atoms with E-state index in [2.05, 4.69) is 15.0 Å². The van der Waals surface area contributed by atoms with Crippen LogP contribution in [0.15, 0.2) is 53.6 Å². The first-order valence-electron chi connectivity index (χ1n) is 7.40. The predicted molar refractivity (Wildman–Crippen MR) is 89.4 cm³/mol. The van der Waals surface area contributed by atoms with Gasteiger partial charge in [0.25, 0.3) is 5.56 Å². The van der Waals surface area contributed by atoms with E-state index >= 15 is 0 Å². The van der Waals surface area contributed by atoms with Crippen molar-refractivity contribution in [2.24, 2.45) is 0 Å². The van der Waals surface area contributed by atoms with Crippen molar-refractivity contribution in [1.82, 2.24) is 15.0 Å². The second-order valence-corrected chi connectivity index (χ2v) is 3.67. The molecule has 0 saturated carbocycles. The van der Waals surface area contributed by atoms with Crippen molar-refractivity contribution in [3.8, 4) is 11.5 Å². The van der Waals surface area contributed by atoms with Gasteiger partial charge in [0.15, 0.2) is 11.4 Å². The number of pyridine rings is 1. The van der Waals surface area contributed by atoms with Gasteiger partial charge in [-0.2, -0.15) is 0 Å². The van der Waals surface area contributed by atoms with Crippen LogP contribution in [0.3, 0.4) is 0 Å². The van der Waals surface area contributed by atoms with Crippen molar-refractivity contribution >= 4 is 11.2 Å². The number of aromatic amines is 1. The van der Waals surface area contributed by atoms with Crippen LogP contribution < -0.4 is 10.3 Å². The van der Waals surface area contributed by atoms with Gasteiger partial charge in [-0.05, 0) is 12.1 Å². The SMILES string of the molecule is CC.CC.O=c1cnc2c(Oc3ccccc3)ccnc2[nH]1. The van der Waals surface area contributed by atoms with Crippen molar-refractivity contribution < 1.29 is 4.74 Å². The number of nitrogens with zero attached hydrogens (tertiary/aromatic N) is 2. The lowest BCUT2D eigenvalue weighted by molar-refractivity contribution is 0.486. The van der Waals surface area contributed by atoms with Gasteiger partial charge in [-0.1, -0.05) is 45.9 Å². The normalized spacial score (nSPS) is 9.09. The Kier molecular flexibility index (Phi) is 7.33. The zero-order chi connectivity index (χ0) is 16.4. The average molecular weight is 299 g/mol. The monoisotopic (exact) mass is 299 g/mol. The standard InChI is InChI=1S/C13H9N3O2.2C2H6/c17-11-8-15-12-10(6-7-14-13(12)16-11)18-9-4-2-1-3-5-9;2*1-2/h1-8H,(H,14,16,17);2*1-2H3. The van der Waals surface area contributed by atoms with Crippen LogP contribution in [0.2, 0.25) is 0 Å². The van der Waals surface area contributed by atoms with E-state index in [9.17, 15) is 4.79 Å². The van der Waals surface area contributed by atoms with Crippen molar-refractivity contribution in [3.63, 3.8) is 0 Å². The molecule has 0 amide bonds. The van der Waals surface area contributed by atoms with E-state index in [4.69, 9.17) is 4.74 Å². The van der Waals surface area contributed by atoms with Crippen molar-refractivity contribution in [2.75, 3.05) is 0 Å². The smallest absolute Gasteiger partial charge is 0.268 e. The van der Waals surface area contributed by atoms with Gasteiger partial charge in [-0.15, -0.1) is 0 Å². The first-order chi connectivity index (χ1) is 10.8. The number of para-hydroxylation sites is 1. The fraction of sp³-hybridized carbons (Fsp3) is 0.235. The lowest BCUT2D eigenvalue weighted by Gasteiger charge is -2.06. The molecule has 22 heavy (non-hydrogen) atoms. The third-order valence-corrected chi connectivity index (χ3v) is 2.41. The molecule has 2 aromatic heterocycles. The van der Waals surface area contributed by atoms with Gasteiger partial charge in [0, 0.05) is 12.3 Å². The zero-order valence-electron chi connectivity index (χ0n) is 13.3. The lowest BCUT2D eigenvalue weighted by atomic mass is 10.3. The van der Waals surface area contributed by atoms with E-state index in [0.29, 0.717) is 22.7 Å². The summed E-state index contributed by atoms with van der Waals surface area (Å²) in [5, 5.41) is 0. The zero-order valence-corrected chi connectivity index (χ0v) is 13.3. The van der Waals surface area contributed by atoms with Gasteiger partial charge in [-0.25, -0.2) is 9.97 Å². The molecule has 0 radical (unpaired) electrons. The van der Waals surface area contributed by atoms with Crippen LogP contribution in [0.25, 0.3) is 11.2 Å². The fourth-order valence-electron chi connectivity index (χ4n) is 1.62. The van der Waals surface area contributed by atoms with E-state index in [1.807, 2.05) is 58.0 Å². The second-order valence-electron chi connectivity index (χ2n) is 3.67. The third-order valence-electron chi connectivity index (χ3n) is 2.41. The molecule has 0 saturated heterocycles. The minimum atomic E-state index is -0.285. The molecule has 3 aromatic rings. The van der Waals surface area contributed by atoms with Crippen LogP contribution in [-0.2, 0) is 0 Å². The molecule has 0 bridgehead atoms. The van der Waals surface area contributed by atoms with Crippen LogP contribution in [-0.4, -0.2) is 15.0 Å². The molecular weight excluding hydrogens is 278 g/mol. The number of hydrogen-bond acceptors (Lipinski definition) is 4. The number of H-pyrrole nitrogens is 1. The Labute approximate surface area is 130 Å². The van der Waals surface area contributed by atoms with Crippen LogP contribution >= 0.6 is 0 Å². The Balaban J connectivity index is 0.000000561. The first kappa shape index (κ1) is 17.4. The number of fused-ring (bicyclic) bond motifs is 1. The topological polar surface area (TPSA) is 67.9 Å². The summed E-state index contributed by atoms with van der Waals surface area (Å²) in [5.41, 5.74) is 0.656. The molecule has 0 fully saturated rings. The summed E-state index contributed by atoms with van der Waals surface area (Å²) in [6.45, 7) is 8.00. The molecule has 0 aliphatic rings. The maximum absolute atomic E-state index is 11.2. The molecule has 2 heterocycles. The first-order valence-corrected chi connectivity index (χ1v) is 7.40. The van der Waals surface area contributed by atoms with Crippen molar-refractivity contribution in [1.29, 1.82) is 0 Å². The van der Waals surface area contributed by atoms with E-state index < -0.39 is 0 Å². The Morgan fingerprint density at radius 1 is 0.955 bits per heavy atom. The van der Waals surface area contributed by atoms with E-state index in [1.165, 1.54) is 6.20 Å². The van der Waals surface area contributed by atoms with Crippen LogP contribution in [0.4, 0.5) is 0 Å². The van der Waals surface area contributed by atoms with E-state index in [1.54, 1.807) is 12.3 Å². The van der Waals surface area contributed by atoms with Gasteiger partial charge >= 0.3 is 0 Å². The Morgan fingerprint density at radius 3 is 2.32 bits per heavy atom. The maximum Gasteiger partial charge on any atom is 0.268 e. The van der Waals surface area contributed by atoms with Crippen LogP contribution in [0.1, 0.15) is 27.7 Å². The summed E-state index contributed by atoms with van der Waals surface area (Å²) in [6, 6.07) is 11.1. The summed E-state index contributed by atoms with van der Waals surface area (Å²) < 4.78 is 5.71. The Hall–Kier alpha value is -2.69. The molecule has 0 aliphatic heterocycles. The van der Waals surface area contributed by atoms with E-state index in [0.717, 1.165) is 0 Å². The largest absolute Gasteiger partial charge is 0.455 e. The van der Waals surface area contributed by atoms with Crippen molar-refractivity contribution in [3.05, 3.63) is 59.1 Å². The summed E-state index contributed by atoms with van der Waals surface area (Å²) in [4.78, 5) is 21.9.